The highest BCUT2D eigenvalue weighted by atomic mass is 32.2. The second kappa shape index (κ2) is 9.66. The van der Waals surface area contributed by atoms with Gasteiger partial charge in [-0.15, -0.1) is 20.4 Å². The molecule has 13 heteroatoms. The van der Waals surface area contributed by atoms with Crippen LogP contribution in [0.5, 0.6) is 0 Å². The van der Waals surface area contributed by atoms with E-state index in [1.165, 1.54) is 39.9 Å². The number of anilines is 1. The summed E-state index contributed by atoms with van der Waals surface area (Å²) in [5.41, 5.74) is 6.98. The minimum atomic E-state index is -1.26. The summed E-state index contributed by atoms with van der Waals surface area (Å²) < 4.78 is 2.03. The predicted molar refractivity (Wildman–Crippen MR) is 116 cm³/mol. The van der Waals surface area contributed by atoms with Gasteiger partial charge in [-0.1, -0.05) is 36.4 Å². The van der Waals surface area contributed by atoms with Crippen LogP contribution in [0.15, 0.2) is 32.8 Å². The van der Waals surface area contributed by atoms with E-state index in [1.54, 1.807) is 0 Å². The van der Waals surface area contributed by atoms with Crippen LogP contribution in [0, 0.1) is 0 Å². The van der Waals surface area contributed by atoms with Gasteiger partial charge < -0.3 is 15.9 Å². The third kappa shape index (κ3) is 5.06. The van der Waals surface area contributed by atoms with E-state index in [4.69, 9.17) is 5.73 Å². The third-order valence-electron chi connectivity index (χ3n) is 4.19. The van der Waals surface area contributed by atoms with Gasteiger partial charge in [0.25, 0.3) is 5.13 Å². The average molecular weight is 462 g/mol. The van der Waals surface area contributed by atoms with Gasteiger partial charge in [-0.25, -0.2) is 14.3 Å². The second-order valence-electron chi connectivity index (χ2n) is 6.33. The summed E-state index contributed by atoms with van der Waals surface area (Å²) in [7, 11) is 0. The lowest BCUT2D eigenvalue weighted by Gasteiger charge is -2.07. The molecule has 2 heterocycles. The van der Waals surface area contributed by atoms with E-state index >= 15 is 0 Å². The van der Waals surface area contributed by atoms with Crippen LogP contribution in [0.25, 0.3) is 5.69 Å². The Kier molecular flexibility index (Phi) is 6.97. The third-order valence-corrected chi connectivity index (χ3v) is 5.98. The molecule has 162 valence electrons. The zero-order valence-electron chi connectivity index (χ0n) is 16.6. The number of azo groups is 1. The Balaban J connectivity index is 2.09. The molecule has 2 aromatic heterocycles. The molecule has 31 heavy (non-hydrogen) atoms. The Hall–Kier alpha value is -3.32. The van der Waals surface area contributed by atoms with Crippen LogP contribution in [0.2, 0.25) is 0 Å². The summed E-state index contributed by atoms with van der Waals surface area (Å²) in [4.78, 5) is 22.9. The smallest absolute Gasteiger partial charge is 0.335 e. The van der Waals surface area contributed by atoms with E-state index in [9.17, 15) is 19.8 Å². The number of carboxylic acid groups (broad SMARTS) is 2. The molecule has 0 unspecified atom stereocenters. The van der Waals surface area contributed by atoms with Crippen molar-refractivity contribution >= 4 is 51.7 Å². The van der Waals surface area contributed by atoms with Crippen LogP contribution in [0.4, 0.5) is 16.6 Å². The predicted octanol–water partition coefficient (Wildman–Crippen LogP) is 4.18. The summed E-state index contributed by atoms with van der Waals surface area (Å²) in [6.07, 6.45) is 4.18. The number of carboxylic acids is 2. The van der Waals surface area contributed by atoms with Gasteiger partial charge in [0.1, 0.15) is 0 Å². The first kappa shape index (κ1) is 22.4. The maximum absolute atomic E-state index is 11.4. The number of hydrogen-bond donors (Lipinski definition) is 3. The lowest BCUT2D eigenvalue weighted by molar-refractivity contribution is 0.0696. The minimum absolute atomic E-state index is 0.114. The molecule has 0 aliphatic rings. The molecule has 3 rings (SSSR count). The first-order valence-electron chi connectivity index (χ1n) is 9.12. The summed E-state index contributed by atoms with van der Waals surface area (Å²) >= 11 is 2.72. The first-order valence-corrected chi connectivity index (χ1v) is 11.2. The molecule has 0 saturated heterocycles. The van der Waals surface area contributed by atoms with Crippen molar-refractivity contribution < 1.29 is 19.8 Å². The number of carbonyl (C=O) groups is 2. The number of unbranched alkanes of at least 4 members (excludes halogenated alkanes) is 1. The molecular formula is C18H19N7O4S2. The standard InChI is InChI=1S/C18H19N7O4S2/c1-3-4-5-12-13(20-21-17-22-23-18(30-2)31-17)14(19)25(24-12)11-7-9(15(26)27)6-10(8-11)16(28)29/h6-8H,3-5,19H2,1-2H3,(H,26,27)(H,28,29)/b21-20+. The van der Waals surface area contributed by atoms with E-state index in [0.29, 0.717) is 22.9 Å². The summed E-state index contributed by atoms with van der Waals surface area (Å²) in [5.74, 6) is -2.41. The van der Waals surface area contributed by atoms with Crippen LogP contribution in [0.3, 0.4) is 0 Å². The van der Waals surface area contributed by atoms with Gasteiger partial charge in [0, 0.05) is 0 Å². The van der Waals surface area contributed by atoms with Crippen molar-refractivity contribution in [1.29, 1.82) is 0 Å². The molecule has 3 aromatic rings. The number of hydrogen-bond acceptors (Lipinski definition) is 10. The Morgan fingerprint density at radius 3 is 2.39 bits per heavy atom. The fraction of sp³-hybridized carbons (Fsp3) is 0.278. The molecule has 0 radical (unpaired) electrons. The zero-order chi connectivity index (χ0) is 22.5. The number of nitrogens with two attached hydrogens (primary N) is 1. The number of rotatable bonds is 9. The van der Waals surface area contributed by atoms with Gasteiger partial charge in [-0.05, 0) is 37.3 Å². The summed E-state index contributed by atoms with van der Waals surface area (Å²) in [5, 5.41) is 39.7. The van der Waals surface area contributed by atoms with Crippen molar-refractivity contribution in [3.63, 3.8) is 0 Å². The Morgan fingerprint density at radius 1 is 1.16 bits per heavy atom. The molecule has 4 N–H and O–H groups in total. The molecule has 0 amide bonds. The topological polar surface area (TPSA) is 169 Å². The van der Waals surface area contributed by atoms with Crippen LogP contribution in [-0.4, -0.2) is 48.4 Å². The SMILES string of the molecule is CCCCc1nn(-c2cc(C(=O)O)cc(C(=O)O)c2)c(N)c1/N=N/c1nnc(SC)s1. The van der Waals surface area contributed by atoms with Crippen molar-refractivity contribution in [2.45, 2.75) is 30.5 Å². The lowest BCUT2D eigenvalue weighted by atomic mass is 10.1. The fourth-order valence-corrected chi connectivity index (χ4v) is 3.77. The highest BCUT2D eigenvalue weighted by Gasteiger charge is 2.20. The lowest BCUT2D eigenvalue weighted by Crippen LogP contribution is -2.08. The molecule has 0 saturated carbocycles. The number of nitrogens with zero attached hydrogens (tertiary/aromatic N) is 6. The van der Waals surface area contributed by atoms with E-state index < -0.39 is 11.9 Å². The van der Waals surface area contributed by atoms with Crippen LogP contribution >= 0.6 is 23.1 Å². The fourth-order valence-electron chi connectivity index (χ4n) is 2.69. The van der Waals surface area contributed by atoms with Gasteiger partial charge in [0.15, 0.2) is 15.8 Å². The quantitative estimate of drug-likeness (QED) is 0.312. The first-order chi connectivity index (χ1) is 14.8. The summed E-state index contributed by atoms with van der Waals surface area (Å²) in [6.45, 7) is 2.03. The van der Waals surface area contributed by atoms with E-state index in [0.717, 1.165) is 23.2 Å². The second-order valence-corrected chi connectivity index (χ2v) is 8.34. The van der Waals surface area contributed by atoms with Crippen molar-refractivity contribution in [3.05, 3.63) is 35.0 Å². The number of aryl methyl sites for hydroxylation is 1. The van der Waals surface area contributed by atoms with Crippen molar-refractivity contribution in [1.82, 2.24) is 20.0 Å². The summed E-state index contributed by atoms with van der Waals surface area (Å²) in [6, 6.07) is 3.68. The van der Waals surface area contributed by atoms with E-state index in [-0.39, 0.29) is 22.6 Å². The van der Waals surface area contributed by atoms with Crippen LogP contribution < -0.4 is 5.73 Å². The number of benzene rings is 1. The molecule has 11 nitrogen and oxygen atoms in total. The maximum Gasteiger partial charge on any atom is 0.335 e. The van der Waals surface area contributed by atoms with Gasteiger partial charge in [0.2, 0.25) is 0 Å². The molecule has 0 atom stereocenters. The average Bonchev–Trinajstić information content (AvgIpc) is 3.34. The minimum Gasteiger partial charge on any atom is -0.478 e. The number of thioether (sulfide) groups is 1. The molecule has 0 spiro atoms. The largest absolute Gasteiger partial charge is 0.478 e. The molecule has 0 bridgehead atoms. The van der Waals surface area contributed by atoms with E-state index in [1.807, 2.05) is 13.2 Å². The van der Waals surface area contributed by atoms with Crippen LogP contribution in [0.1, 0.15) is 46.2 Å². The highest BCUT2D eigenvalue weighted by Crippen LogP contribution is 2.34. The van der Waals surface area contributed by atoms with Gasteiger partial charge in [-0.2, -0.15) is 5.10 Å². The molecule has 1 aromatic carbocycles. The van der Waals surface area contributed by atoms with Gasteiger partial charge >= 0.3 is 11.9 Å². The van der Waals surface area contributed by atoms with Crippen molar-refractivity contribution in [2.75, 3.05) is 12.0 Å². The number of nitrogen functional groups attached to an aromatic ring is 1. The van der Waals surface area contributed by atoms with Gasteiger partial charge in [0.05, 0.1) is 22.5 Å². The normalized spacial score (nSPS) is 11.3. The molecule has 0 aliphatic carbocycles. The van der Waals surface area contributed by atoms with E-state index in [2.05, 4.69) is 25.5 Å². The monoisotopic (exact) mass is 461 g/mol. The Bertz CT molecular complexity index is 1120. The molecule has 0 aliphatic heterocycles. The molecular weight excluding hydrogens is 442 g/mol. The van der Waals surface area contributed by atoms with Crippen molar-refractivity contribution in [3.8, 4) is 5.69 Å². The number of aromatic nitrogens is 4. The molecule has 0 fully saturated rings. The van der Waals surface area contributed by atoms with Crippen LogP contribution in [-0.2, 0) is 6.42 Å². The zero-order valence-corrected chi connectivity index (χ0v) is 18.3. The van der Waals surface area contributed by atoms with Gasteiger partial charge in [-0.3, -0.25) is 0 Å². The van der Waals surface area contributed by atoms with Crippen molar-refractivity contribution in [2.24, 2.45) is 10.2 Å². The number of aromatic carboxylic acids is 2. The highest BCUT2D eigenvalue weighted by molar-refractivity contribution is 8.00. The Morgan fingerprint density at radius 2 is 1.84 bits per heavy atom. The Labute approximate surface area is 185 Å². The maximum atomic E-state index is 11.4.